The fraction of sp³-hybridized carbons (Fsp3) is 0.263. The van der Waals surface area contributed by atoms with Crippen LogP contribution in [0.25, 0.3) is 0 Å². The number of ether oxygens (including phenoxy) is 1. The van der Waals surface area contributed by atoms with Crippen LogP contribution in [0.4, 0.5) is 5.82 Å². The van der Waals surface area contributed by atoms with Crippen LogP contribution in [-0.2, 0) is 17.7 Å². The second kappa shape index (κ2) is 8.53. The van der Waals surface area contributed by atoms with E-state index in [0.29, 0.717) is 30.4 Å². The maximum atomic E-state index is 12.0. The summed E-state index contributed by atoms with van der Waals surface area (Å²) in [5.41, 5.74) is 2.47. The van der Waals surface area contributed by atoms with Crippen molar-refractivity contribution in [3.05, 3.63) is 69.6 Å². The Morgan fingerprint density at radius 2 is 2.04 bits per heavy atom. The highest BCUT2D eigenvalue weighted by atomic mass is 32.1. The molecule has 0 amide bonds. The number of aryl methyl sites for hydroxylation is 1. The number of rotatable bonds is 7. The summed E-state index contributed by atoms with van der Waals surface area (Å²) in [5.74, 6) is 0.621. The Balaban J connectivity index is 1.68. The van der Waals surface area contributed by atoms with Gasteiger partial charge in [-0.15, -0.1) is 11.3 Å². The molecule has 0 saturated heterocycles. The highest BCUT2D eigenvalue weighted by Gasteiger charge is 2.15. The molecule has 0 atom stereocenters. The van der Waals surface area contributed by atoms with E-state index in [4.69, 9.17) is 4.74 Å². The lowest BCUT2D eigenvalue weighted by molar-refractivity contribution is 0.0526. The minimum absolute atomic E-state index is 0.307. The molecule has 0 radical (unpaired) electrons. The zero-order valence-electron chi connectivity index (χ0n) is 14.7. The molecule has 3 rings (SSSR count). The van der Waals surface area contributed by atoms with E-state index in [1.165, 1.54) is 11.8 Å². The van der Waals surface area contributed by atoms with Crippen molar-refractivity contribution >= 4 is 23.1 Å². The van der Waals surface area contributed by atoms with E-state index in [0.717, 1.165) is 17.1 Å². The van der Waals surface area contributed by atoms with Crippen molar-refractivity contribution in [2.75, 3.05) is 11.9 Å². The molecule has 0 aliphatic carbocycles. The first-order chi connectivity index (χ1) is 12.7. The number of aromatic nitrogens is 3. The van der Waals surface area contributed by atoms with Gasteiger partial charge in [-0.2, -0.15) is 0 Å². The van der Waals surface area contributed by atoms with Gasteiger partial charge in [-0.1, -0.05) is 30.3 Å². The summed E-state index contributed by atoms with van der Waals surface area (Å²) >= 11 is 1.63. The van der Waals surface area contributed by atoms with Gasteiger partial charge >= 0.3 is 5.97 Å². The molecule has 0 aliphatic rings. The summed E-state index contributed by atoms with van der Waals surface area (Å²) in [4.78, 5) is 25.1. The predicted octanol–water partition coefficient (Wildman–Crippen LogP) is 3.62. The molecule has 6 nitrogen and oxygen atoms in total. The average Bonchev–Trinajstić information content (AvgIpc) is 3.08. The molecule has 0 saturated carbocycles. The molecule has 7 heteroatoms. The van der Waals surface area contributed by atoms with E-state index in [1.807, 2.05) is 23.6 Å². The number of carbonyl (C=O) groups is 1. The zero-order chi connectivity index (χ0) is 18.4. The summed E-state index contributed by atoms with van der Waals surface area (Å²) in [6.45, 7) is 4.33. The van der Waals surface area contributed by atoms with E-state index in [2.05, 4.69) is 32.4 Å². The number of nitrogens with zero attached hydrogens (tertiary/aromatic N) is 3. The standard InChI is InChI=1S/C19H20N4O2S/c1-3-25-19(24)16-11-20-13(2)22-18(16)21-10-15-12-26-17(23-15)9-14-7-5-4-6-8-14/h4-8,11-12H,3,9-10H2,1-2H3,(H,20,21,22). The first-order valence-electron chi connectivity index (χ1n) is 8.37. The molecule has 0 bridgehead atoms. The van der Waals surface area contributed by atoms with Crippen LogP contribution in [0.5, 0.6) is 0 Å². The van der Waals surface area contributed by atoms with Gasteiger partial charge in [-0.25, -0.2) is 19.7 Å². The fourth-order valence-electron chi connectivity index (χ4n) is 2.42. The monoisotopic (exact) mass is 368 g/mol. The van der Waals surface area contributed by atoms with E-state index < -0.39 is 5.97 Å². The first-order valence-corrected chi connectivity index (χ1v) is 9.25. The van der Waals surface area contributed by atoms with Gasteiger partial charge in [0.25, 0.3) is 0 Å². The molecule has 1 N–H and O–H groups in total. The summed E-state index contributed by atoms with van der Waals surface area (Å²) in [6, 6.07) is 10.2. The molecule has 0 fully saturated rings. The largest absolute Gasteiger partial charge is 0.462 e. The van der Waals surface area contributed by atoms with Crippen molar-refractivity contribution in [1.82, 2.24) is 15.0 Å². The lowest BCUT2D eigenvalue weighted by atomic mass is 10.2. The topological polar surface area (TPSA) is 77.0 Å². The number of anilines is 1. The smallest absolute Gasteiger partial charge is 0.343 e. The fourth-order valence-corrected chi connectivity index (χ4v) is 3.25. The molecule has 2 heterocycles. The Hall–Kier alpha value is -2.80. The van der Waals surface area contributed by atoms with Crippen molar-refractivity contribution in [2.45, 2.75) is 26.8 Å². The molecule has 0 unspecified atom stereocenters. The summed E-state index contributed by atoms with van der Waals surface area (Å²) in [5, 5.41) is 6.25. The van der Waals surface area contributed by atoms with Gasteiger partial charge in [0.15, 0.2) is 0 Å². The summed E-state index contributed by atoms with van der Waals surface area (Å²) in [7, 11) is 0. The number of benzene rings is 1. The molecular weight excluding hydrogens is 348 g/mol. The normalized spacial score (nSPS) is 10.5. The van der Waals surface area contributed by atoms with Gasteiger partial charge in [0, 0.05) is 18.0 Å². The van der Waals surface area contributed by atoms with Crippen LogP contribution in [0.1, 0.15) is 39.4 Å². The van der Waals surface area contributed by atoms with Crippen molar-refractivity contribution in [1.29, 1.82) is 0 Å². The van der Waals surface area contributed by atoms with Gasteiger partial charge in [0.2, 0.25) is 0 Å². The Labute approximate surface area is 156 Å². The second-order valence-electron chi connectivity index (χ2n) is 5.65. The number of hydrogen-bond acceptors (Lipinski definition) is 7. The zero-order valence-corrected chi connectivity index (χ0v) is 15.5. The van der Waals surface area contributed by atoms with Crippen molar-refractivity contribution in [2.24, 2.45) is 0 Å². The third-order valence-electron chi connectivity index (χ3n) is 3.64. The molecule has 3 aromatic rings. The number of hydrogen-bond donors (Lipinski definition) is 1. The van der Waals surface area contributed by atoms with E-state index in [1.54, 1.807) is 25.2 Å². The minimum Gasteiger partial charge on any atom is -0.462 e. The third kappa shape index (κ3) is 4.64. The van der Waals surface area contributed by atoms with Crippen LogP contribution in [0.3, 0.4) is 0 Å². The van der Waals surface area contributed by atoms with Crippen LogP contribution in [0.15, 0.2) is 41.9 Å². The number of carbonyl (C=O) groups excluding carboxylic acids is 1. The predicted molar refractivity (Wildman–Crippen MR) is 101 cm³/mol. The Morgan fingerprint density at radius 3 is 2.81 bits per heavy atom. The highest BCUT2D eigenvalue weighted by molar-refractivity contribution is 7.09. The molecule has 1 aromatic carbocycles. The SMILES string of the molecule is CCOC(=O)c1cnc(C)nc1NCc1csc(Cc2ccccc2)n1. The maximum absolute atomic E-state index is 12.0. The lowest BCUT2D eigenvalue weighted by Gasteiger charge is -2.09. The van der Waals surface area contributed by atoms with Crippen molar-refractivity contribution in [3.8, 4) is 0 Å². The average molecular weight is 368 g/mol. The van der Waals surface area contributed by atoms with E-state index in [-0.39, 0.29) is 0 Å². The number of esters is 1. The number of nitrogens with one attached hydrogen (secondary N) is 1. The molecule has 26 heavy (non-hydrogen) atoms. The maximum Gasteiger partial charge on any atom is 0.343 e. The Bertz CT molecular complexity index is 880. The quantitative estimate of drug-likeness (QED) is 0.642. The van der Waals surface area contributed by atoms with Crippen LogP contribution in [-0.4, -0.2) is 27.5 Å². The third-order valence-corrected chi connectivity index (χ3v) is 4.54. The number of thiazole rings is 1. The van der Waals surface area contributed by atoms with Crippen LogP contribution < -0.4 is 5.32 Å². The van der Waals surface area contributed by atoms with Gasteiger partial charge in [0.05, 0.1) is 23.9 Å². The summed E-state index contributed by atoms with van der Waals surface area (Å²) < 4.78 is 5.06. The molecule has 0 spiro atoms. The van der Waals surface area contributed by atoms with Crippen LogP contribution in [0, 0.1) is 6.92 Å². The minimum atomic E-state index is -0.432. The highest BCUT2D eigenvalue weighted by Crippen LogP contribution is 2.18. The van der Waals surface area contributed by atoms with E-state index in [9.17, 15) is 4.79 Å². The molecule has 0 aliphatic heterocycles. The van der Waals surface area contributed by atoms with Crippen LogP contribution in [0.2, 0.25) is 0 Å². The molecule has 134 valence electrons. The lowest BCUT2D eigenvalue weighted by Crippen LogP contribution is -2.13. The molecular formula is C19H20N4O2S. The first kappa shape index (κ1) is 18.0. The van der Waals surface area contributed by atoms with Crippen LogP contribution >= 0.6 is 11.3 Å². The van der Waals surface area contributed by atoms with Crippen molar-refractivity contribution < 1.29 is 9.53 Å². The van der Waals surface area contributed by atoms with Gasteiger partial charge in [0.1, 0.15) is 17.2 Å². The Morgan fingerprint density at radius 1 is 1.23 bits per heavy atom. The van der Waals surface area contributed by atoms with E-state index >= 15 is 0 Å². The van der Waals surface area contributed by atoms with Gasteiger partial charge < -0.3 is 10.1 Å². The van der Waals surface area contributed by atoms with Gasteiger partial charge in [-0.05, 0) is 19.4 Å². The van der Waals surface area contributed by atoms with Crippen molar-refractivity contribution in [3.63, 3.8) is 0 Å². The molecule has 2 aromatic heterocycles. The summed E-state index contributed by atoms with van der Waals surface area (Å²) in [6.07, 6.45) is 2.30. The van der Waals surface area contributed by atoms with Gasteiger partial charge in [-0.3, -0.25) is 0 Å². The second-order valence-corrected chi connectivity index (χ2v) is 6.59. The Kier molecular flexibility index (Phi) is 5.91.